The Kier molecular flexibility index (Phi) is 10.0. The highest BCUT2D eigenvalue weighted by atomic mass is 19.3. The van der Waals surface area contributed by atoms with Gasteiger partial charge in [-0.25, -0.2) is 22.7 Å². The number of nitrogens with two attached hydrogens (primary N) is 1. The van der Waals surface area contributed by atoms with Gasteiger partial charge in [0.1, 0.15) is 17.6 Å². The monoisotopic (exact) mass is 801 g/mol. The van der Waals surface area contributed by atoms with Gasteiger partial charge in [0.05, 0.1) is 47.6 Å². The van der Waals surface area contributed by atoms with Crippen LogP contribution in [0, 0.1) is 5.92 Å². The van der Waals surface area contributed by atoms with Gasteiger partial charge in [0.15, 0.2) is 11.3 Å². The molecule has 9 rings (SSSR count). The molecule has 5 N–H and O–H groups in total. The number of fused-ring (bicyclic) bond motifs is 2. The molecular formula is C39H46F3N13O3. The van der Waals surface area contributed by atoms with Gasteiger partial charge in [-0.1, -0.05) is 0 Å². The molecule has 3 atom stereocenters. The summed E-state index contributed by atoms with van der Waals surface area (Å²) >= 11 is 0. The summed E-state index contributed by atoms with van der Waals surface area (Å²) in [6, 6.07) is 7.60. The first-order valence-electron chi connectivity index (χ1n) is 19.9. The number of halogens is 3. The number of carbonyl (C=O) groups excluding carboxylic acids is 3. The van der Waals surface area contributed by atoms with E-state index in [0.717, 1.165) is 61.9 Å². The highest BCUT2D eigenvalue weighted by molar-refractivity contribution is 6.08. The van der Waals surface area contributed by atoms with Gasteiger partial charge in [0.25, 0.3) is 12.3 Å². The van der Waals surface area contributed by atoms with Crippen molar-refractivity contribution in [1.29, 1.82) is 0 Å². The number of amides is 3. The normalized spacial score (nSPS) is 24.7. The molecule has 3 aliphatic heterocycles. The smallest absolute Gasteiger partial charge is 0.284 e. The molecular weight excluding hydrogens is 756 g/mol. The van der Waals surface area contributed by atoms with Crippen LogP contribution in [0.2, 0.25) is 0 Å². The van der Waals surface area contributed by atoms with E-state index in [2.05, 4.69) is 47.2 Å². The van der Waals surface area contributed by atoms with Crippen molar-refractivity contribution in [2.45, 2.75) is 81.6 Å². The zero-order valence-electron chi connectivity index (χ0n) is 32.0. The van der Waals surface area contributed by atoms with Crippen molar-refractivity contribution in [2.75, 3.05) is 48.3 Å². The lowest BCUT2D eigenvalue weighted by atomic mass is 9.85. The van der Waals surface area contributed by atoms with E-state index in [0.29, 0.717) is 42.9 Å². The molecule has 1 saturated carbocycles. The maximum absolute atomic E-state index is 14.2. The van der Waals surface area contributed by atoms with Crippen LogP contribution in [0.25, 0.3) is 16.6 Å². The van der Waals surface area contributed by atoms with E-state index < -0.39 is 30.1 Å². The van der Waals surface area contributed by atoms with Gasteiger partial charge in [-0.3, -0.25) is 34.0 Å². The molecule has 1 aliphatic carbocycles. The third kappa shape index (κ3) is 7.47. The molecule has 306 valence electrons. The molecule has 5 aromatic rings. The van der Waals surface area contributed by atoms with E-state index in [4.69, 9.17) is 5.73 Å². The third-order valence-electron chi connectivity index (χ3n) is 12.1. The number of aromatic nitrogens is 7. The van der Waals surface area contributed by atoms with Crippen molar-refractivity contribution >= 4 is 51.5 Å². The number of hydrogen-bond acceptors (Lipinski definition) is 11. The van der Waals surface area contributed by atoms with Crippen LogP contribution in [0.1, 0.15) is 85.1 Å². The van der Waals surface area contributed by atoms with Crippen LogP contribution in [0.4, 0.5) is 30.4 Å². The number of benzene rings is 1. The SMILES string of the molecule is Cn1nc(C2CCC(=O)NC2=O)c2ccc(NC3CN(CC4CCC(n5cc(NC(=O)c6cnn7ccc(N8C[C@H](N)C[C@@H](F)C8)nc67)c(C(F)F)n5)CC4)C3)cc21. The largest absolute Gasteiger partial charge is 0.380 e. The standard InChI is InChI=1S/C39H46F3N13O3/c1-51-31-13-24(4-7-27(31)34(49-51)28-8-9-33(56)48-38(28)57)45-25-18-52(19-25)15-21-2-5-26(6-3-21)55-20-30(35(50-55)36(41)42)46-39(58)29-14-44-54-11-10-32(47-37(29)54)53-16-22(40)12-23(43)17-53/h4,7,10-11,13-14,20-23,25-26,28,36,45H,2-3,5-6,8-9,12,15-19,43H2,1H3,(H,46,58)(H,48,56,57)/t21?,22-,23-,26?,28?/m1/s1. The second kappa shape index (κ2) is 15.3. The Balaban J connectivity index is 0.778. The molecule has 0 spiro atoms. The van der Waals surface area contributed by atoms with Crippen molar-refractivity contribution in [3.63, 3.8) is 0 Å². The fraction of sp³-hybridized carbons (Fsp3) is 0.513. The topological polar surface area (TPSA) is 186 Å². The van der Waals surface area contributed by atoms with E-state index in [1.807, 2.05) is 19.2 Å². The number of nitrogens with zero attached hydrogens (tertiary/aromatic N) is 9. The number of rotatable bonds is 10. The van der Waals surface area contributed by atoms with Crippen LogP contribution < -0.4 is 26.6 Å². The maximum atomic E-state index is 14.2. The maximum Gasteiger partial charge on any atom is 0.284 e. The minimum atomic E-state index is -2.90. The van der Waals surface area contributed by atoms with Gasteiger partial charge < -0.3 is 21.3 Å². The Bertz CT molecular complexity index is 2350. The van der Waals surface area contributed by atoms with E-state index in [-0.39, 0.29) is 53.8 Å². The predicted molar refractivity (Wildman–Crippen MR) is 209 cm³/mol. The van der Waals surface area contributed by atoms with Crippen molar-refractivity contribution in [3.05, 3.63) is 59.8 Å². The number of aryl methyl sites for hydroxylation is 1. The highest BCUT2D eigenvalue weighted by Crippen LogP contribution is 2.37. The van der Waals surface area contributed by atoms with E-state index in [1.165, 1.54) is 16.9 Å². The summed E-state index contributed by atoms with van der Waals surface area (Å²) in [6.45, 7) is 3.31. The zero-order chi connectivity index (χ0) is 40.2. The van der Waals surface area contributed by atoms with Gasteiger partial charge in [0.2, 0.25) is 11.8 Å². The lowest BCUT2D eigenvalue weighted by molar-refractivity contribution is -0.134. The average molecular weight is 802 g/mol. The molecule has 4 aliphatic rings. The van der Waals surface area contributed by atoms with Gasteiger partial charge in [-0.15, -0.1) is 0 Å². The number of likely N-dealkylation sites (tertiary alicyclic amines) is 1. The molecule has 19 heteroatoms. The molecule has 1 unspecified atom stereocenters. The lowest BCUT2D eigenvalue weighted by Crippen LogP contribution is -2.56. The van der Waals surface area contributed by atoms with Gasteiger partial charge in [-0.05, 0) is 68.7 Å². The number of imide groups is 1. The molecule has 3 amide bonds. The third-order valence-corrected chi connectivity index (χ3v) is 12.1. The fourth-order valence-corrected chi connectivity index (χ4v) is 9.09. The average Bonchev–Trinajstić information content (AvgIpc) is 3.89. The van der Waals surface area contributed by atoms with Crippen LogP contribution >= 0.6 is 0 Å². The van der Waals surface area contributed by atoms with E-state index >= 15 is 0 Å². The van der Waals surface area contributed by atoms with Crippen LogP contribution in [0.3, 0.4) is 0 Å². The minimum Gasteiger partial charge on any atom is -0.380 e. The molecule has 7 heterocycles. The minimum absolute atomic E-state index is 0.0590. The van der Waals surface area contributed by atoms with Crippen molar-refractivity contribution in [3.8, 4) is 0 Å². The first kappa shape index (κ1) is 38.0. The van der Waals surface area contributed by atoms with Gasteiger partial charge in [-0.2, -0.15) is 15.3 Å². The van der Waals surface area contributed by atoms with Crippen LogP contribution in [-0.2, 0) is 16.6 Å². The molecule has 3 saturated heterocycles. The Morgan fingerprint density at radius 3 is 2.62 bits per heavy atom. The molecule has 4 fully saturated rings. The summed E-state index contributed by atoms with van der Waals surface area (Å²) in [5, 5.41) is 22.7. The van der Waals surface area contributed by atoms with E-state index in [9.17, 15) is 27.6 Å². The Hall–Kier alpha value is -5.56. The number of carbonyl (C=O) groups is 3. The van der Waals surface area contributed by atoms with Crippen molar-refractivity contribution < 1.29 is 27.6 Å². The first-order valence-corrected chi connectivity index (χ1v) is 19.9. The summed E-state index contributed by atoms with van der Waals surface area (Å²) < 4.78 is 47.5. The lowest BCUT2D eigenvalue weighted by Gasteiger charge is -2.43. The van der Waals surface area contributed by atoms with Gasteiger partial charge in [0, 0.05) is 69.2 Å². The molecule has 0 bridgehead atoms. The Morgan fingerprint density at radius 1 is 1.05 bits per heavy atom. The Labute approximate surface area is 331 Å². The van der Waals surface area contributed by atoms with Crippen LogP contribution in [0.15, 0.2) is 42.9 Å². The van der Waals surface area contributed by atoms with Gasteiger partial charge >= 0.3 is 0 Å². The molecule has 4 aromatic heterocycles. The van der Waals surface area contributed by atoms with E-state index in [1.54, 1.807) is 26.5 Å². The summed E-state index contributed by atoms with van der Waals surface area (Å²) in [5.41, 5.74) is 8.37. The molecule has 0 radical (unpaired) electrons. The highest BCUT2D eigenvalue weighted by Gasteiger charge is 2.34. The number of piperidine rings is 2. The summed E-state index contributed by atoms with van der Waals surface area (Å²) in [4.78, 5) is 46.3. The first-order chi connectivity index (χ1) is 27.9. The zero-order valence-corrected chi connectivity index (χ0v) is 32.0. The molecule has 16 nitrogen and oxygen atoms in total. The fourth-order valence-electron chi connectivity index (χ4n) is 9.09. The summed E-state index contributed by atoms with van der Waals surface area (Å²) in [6.07, 6.45) is 4.89. The second-order valence-electron chi connectivity index (χ2n) is 16.3. The Morgan fingerprint density at radius 2 is 1.86 bits per heavy atom. The number of hydrogen-bond donors (Lipinski definition) is 4. The number of anilines is 3. The summed E-state index contributed by atoms with van der Waals surface area (Å²) in [5.74, 6) is -0.716. The second-order valence-corrected chi connectivity index (χ2v) is 16.3. The summed E-state index contributed by atoms with van der Waals surface area (Å²) in [7, 11) is 1.86. The van der Waals surface area contributed by atoms with Crippen LogP contribution in [-0.4, -0.2) is 108 Å². The predicted octanol–water partition coefficient (Wildman–Crippen LogP) is 3.93. The number of alkyl halides is 3. The van der Waals surface area contributed by atoms with Crippen molar-refractivity contribution in [1.82, 2.24) is 44.4 Å². The molecule has 58 heavy (non-hydrogen) atoms. The van der Waals surface area contributed by atoms with Crippen molar-refractivity contribution in [2.24, 2.45) is 18.7 Å². The van der Waals surface area contributed by atoms with Crippen LogP contribution in [0.5, 0.6) is 0 Å². The quantitative estimate of drug-likeness (QED) is 0.150. The molecule has 1 aromatic carbocycles. The number of nitrogens with one attached hydrogen (secondary N) is 3.